The second kappa shape index (κ2) is 7.79. The molecule has 2 aromatic heterocycles. The van der Waals surface area contributed by atoms with Crippen LogP contribution in [0.3, 0.4) is 0 Å². The van der Waals surface area contributed by atoms with Gasteiger partial charge in [0.2, 0.25) is 0 Å². The van der Waals surface area contributed by atoms with E-state index in [9.17, 15) is 0 Å². The Morgan fingerprint density at radius 1 is 1.52 bits per heavy atom. The number of hydrogen-bond donors (Lipinski definition) is 1. The van der Waals surface area contributed by atoms with E-state index < -0.39 is 0 Å². The van der Waals surface area contributed by atoms with E-state index in [1.807, 2.05) is 18.6 Å². The molecule has 0 atom stereocenters. The lowest BCUT2D eigenvalue weighted by Crippen LogP contribution is -2.39. The predicted molar refractivity (Wildman–Crippen MR) is 94.1 cm³/mol. The Hall–Kier alpha value is -1.60. The van der Waals surface area contributed by atoms with Crippen molar-refractivity contribution in [2.75, 3.05) is 33.9 Å². The van der Waals surface area contributed by atoms with Crippen LogP contribution in [-0.2, 0) is 11.3 Å². The molecule has 3 heterocycles. The van der Waals surface area contributed by atoms with Crippen LogP contribution in [0.5, 0.6) is 0 Å². The lowest BCUT2D eigenvalue weighted by atomic mass is 9.96. The van der Waals surface area contributed by atoms with Gasteiger partial charge in [0, 0.05) is 51.6 Å². The van der Waals surface area contributed by atoms with Gasteiger partial charge >= 0.3 is 0 Å². The van der Waals surface area contributed by atoms with E-state index in [2.05, 4.69) is 37.8 Å². The number of thiazole rings is 1. The minimum atomic E-state index is 0.697. The molecule has 0 saturated carbocycles. The van der Waals surface area contributed by atoms with Crippen LogP contribution in [0.2, 0.25) is 0 Å². The molecule has 6 nitrogen and oxygen atoms in total. The van der Waals surface area contributed by atoms with Crippen LogP contribution < -0.4 is 5.32 Å². The predicted octanol–water partition coefficient (Wildman–Crippen LogP) is 2.22. The highest BCUT2D eigenvalue weighted by molar-refractivity contribution is 7.15. The van der Waals surface area contributed by atoms with Gasteiger partial charge in [0.1, 0.15) is 0 Å². The number of hydrogen-bond acceptors (Lipinski definition) is 4. The Bertz CT molecular complexity index is 615. The van der Waals surface area contributed by atoms with Crippen molar-refractivity contribution in [1.29, 1.82) is 0 Å². The van der Waals surface area contributed by atoms with Crippen molar-refractivity contribution in [3.05, 3.63) is 23.5 Å². The summed E-state index contributed by atoms with van der Waals surface area (Å²) in [7, 11) is 3.93. The zero-order chi connectivity index (χ0) is 16.1. The van der Waals surface area contributed by atoms with E-state index in [1.165, 1.54) is 19.3 Å². The molecule has 0 aromatic carbocycles. The van der Waals surface area contributed by atoms with Crippen LogP contribution in [-0.4, -0.2) is 54.1 Å². The fourth-order valence-corrected chi connectivity index (χ4v) is 3.65. The second-order valence-electron chi connectivity index (χ2n) is 5.99. The van der Waals surface area contributed by atoms with Gasteiger partial charge in [-0.1, -0.05) is 0 Å². The third kappa shape index (κ3) is 4.23. The van der Waals surface area contributed by atoms with Crippen molar-refractivity contribution in [2.24, 2.45) is 10.9 Å². The maximum atomic E-state index is 5.42. The van der Waals surface area contributed by atoms with E-state index in [-0.39, 0.29) is 0 Å². The number of imidazole rings is 1. The van der Waals surface area contributed by atoms with Crippen molar-refractivity contribution < 1.29 is 4.74 Å². The molecule has 0 unspecified atom stereocenters. The summed E-state index contributed by atoms with van der Waals surface area (Å²) in [6.07, 6.45) is 7.66. The highest BCUT2D eigenvalue weighted by Crippen LogP contribution is 2.18. The number of fused-ring (bicyclic) bond motifs is 1. The van der Waals surface area contributed by atoms with Crippen LogP contribution in [0.1, 0.15) is 25.0 Å². The quantitative estimate of drug-likeness (QED) is 0.672. The molecule has 1 saturated heterocycles. The Morgan fingerprint density at radius 2 is 2.35 bits per heavy atom. The van der Waals surface area contributed by atoms with E-state index in [0.717, 1.165) is 42.3 Å². The highest BCUT2D eigenvalue weighted by atomic mass is 32.1. The molecule has 2 aromatic rings. The number of aliphatic imine (C=N–C) groups is 1. The lowest BCUT2D eigenvalue weighted by molar-refractivity contribution is 0.0625. The molecule has 7 heteroatoms. The van der Waals surface area contributed by atoms with Crippen molar-refractivity contribution in [1.82, 2.24) is 19.6 Å². The summed E-state index contributed by atoms with van der Waals surface area (Å²) in [5.41, 5.74) is 1.04. The smallest absolute Gasteiger partial charge is 0.193 e. The maximum Gasteiger partial charge on any atom is 0.193 e. The van der Waals surface area contributed by atoms with Gasteiger partial charge in [-0.2, -0.15) is 0 Å². The molecule has 1 aliphatic heterocycles. The summed E-state index contributed by atoms with van der Waals surface area (Å²) < 4.78 is 7.48. The zero-order valence-corrected chi connectivity index (χ0v) is 14.7. The third-order valence-electron chi connectivity index (χ3n) is 4.36. The Labute approximate surface area is 141 Å². The third-order valence-corrected chi connectivity index (χ3v) is 5.13. The van der Waals surface area contributed by atoms with Gasteiger partial charge in [-0.15, -0.1) is 11.3 Å². The van der Waals surface area contributed by atoms with Gasteiger partial charge in [-0.3, -0.25) is 9.39 Å². The zero-order valence-electron chi connectivity index (χ0n) is 13.9. The van der Waals surface area contributed by atoms with Crippen molar-refractivity contribution in [3.63, 3.8) is 0 Å². The molecule has 23 heavy (non-hydrogen) atoms. The van der Waals surface area contributed by atoms with Gasteiger partial charge in [0.05, 0.1) is 12.2 Å². The summed E-state index contributed by atoms with van der Waals surface area (Å²) in [6, 6.07) is 0. The minimum Gasteiger partial charge on any atom is -0.381 e. The van der Waals surface area contributed by atoms with E-state index in [0.29, 0.717) is 6.54 Å². The van der Waals surface area contributed by atoms with Gasteiger partial charge < -0.3 is 15.0 Å². The summed E-state index contributed by atoms with van der Waals surface area (Å²) in [5, 5.41) is 5.45. The molecular weight excluding hydrogens is 310 g/mol. The SMILES string of the molecule is CN=C(NCc1cn2ccsc2n1)N(C)CCC1CCOCC1. The van der Waals surface area contributed by atoms with Gasteiger partial charge in [0.15, 0.2) is 10.9 Å². The lowest BCUT2D eigenvalue weighted by Gasteiger charge is -2.26. The van der Waals surface area contributed by atoms with Crippen molar-refractivity contribution in [3.8, 4) is 0 Å². The molecule has 1 N–H and O–H groups in total. The number of rotatable bonds is 5. The fraction of sp³-hybridized carbons (Fsp3) is 0.625. The van der Waals surface area contributed by atoms with Crippen LogP contribution in [0, 0.1) is 5.92 Å². The first-order valence-electron chi connectivity index (χ1n) is 8.17. The normalized spacial score (nSPS) is 16.9. The molecule has 3 rings (SSSR count). The van der Waals surface area contributed by atoms with Gasteiger partial charge in [-0.25, -0.2) is 4.98 Å². The number of nitrogens with one attached hydrogen (secondary N) is 1. The monoisotopic (exact) mass is 335 g/mol. The minimum absolute atomic E-state index is 0.697. The number of aromatic nitrogens is 2. The number of ether oxygens (including phenoxy) is 1. The van der Waals surface area contributed by atoms with E-state index >= 15 is 0 Å². The van der Waals surface area contributed by atoms with Crippen LogP contribution in [0.4, 0.5) is 0 Å². The van der Waals surface area contributed by atoms with E-state index in [1.54, 1.807) is 11.3 Å². The summed E-state index contributed by atoms with van der Waals surface area (Å²) >= 11 is 1.65. The molecule has 0 amide bonds. The molecule has 1 aliphatic rings. The first-order chi connectivity index (χ1) is 11.3. The molecular formula is C16H25N5OS. The topological polar surface area (TPSA) is 54.2 Å². The van der Waals surface area contributed by atoms with Crippen molar-refractivity contribution >= 4 is 22.3 Å². The average Bonchev–Trinajstić information content (AvgIpc) is 3.16. The molecule has 0 bridgehead atoms. The Kier molecular flexibility index (Phi) is 5.51. The Morgan fingerprint density at radius 3 is 3.09 bits per heavy atom. The standard InChI is InChI=1S/C16H25N5OS/c1-17-15(20(2)6-3-13-4-8-22-9-5-13)18-11-14-12-21-7-10-23-16(21)19-14/h7,10,12-13H,3-6,8-9,11H2,1-2H3,(H,17,18). The van der Waals surface area contributed by atoms with Crippen LogP contribution >= 0.6 is 11.3 Å². The summed E-state index contributed by atoms with van der Waals surface area (Å²) in [6.45, 7) is 3.54. The second-order valence-corrected chi connectivity index (χ2v) is 6.86. The average molecular weight is 335 g/mol. The first kappa shape index (κ1) is 16.3. The molecule has 0 spiro atoms. The maximum absolute atomic E-state index is 5.42. The van der Waals surface area contributed by atoms with Crippen LogP contribution in [0.25, 0.3) is 4.96 Å². The number of nitrogens with zero attached hydrogens (tertiary/aromatic N) is 4. The molecule has 0 radical (unpaired) electrons. The van der Waals surface area contributed by atoms with Crippen molar-refractivity contribution in [2.45, 2.75) is 25.8 Å². The van der Waals surface area contributed by atoms with E-state index in [4.69, 9.17) is 4.74 Å². The molecule has 126 valence electrons. The number of guanidine groups is 1. The molecule has 1 fully saturated rings. The fourth-order valence-electron chi connectivity index (χ4n) is 2.93. The molecule has 0 aliphatic carbocycles. The first-order valence-corrected chi connectivity index (χ1v) is 9.05. The highest BCUT2D eigenvalue weighted by Gasteiger charge is 2.15. The summed E-state index contributed by atoms with van der Waals surface area (Å²) in [5.74, 6) is 1.71. The van der Waals surface area contributed by atoms with Crippen LogP contribution in [0.15, 0.2) is 22.8 Å². The Balaban J connectivity index is 1.47. The van der Waals surface area contributed by atoms with Gasteiger partial charge in [-0.05, 0) is 25.2 Å². The summed E-state index contributed by atoms with van der Waals surface area (Å²) in [4.78, 5) is 12.2. The largest absolute Gasteiger partial charge is 0.381 e. The van der Waals surface area contributed by atoms with Gasteiger partial charge in [0.25, 0.3) is 0 Å².